The molecule has 0 spiro atoms. The number of esters is 2. The molecule has 0 fully saturated rings. The van der Waals surface area contributed by atoms with Crippen LogP contribution in [0.25, 0.3) is 4.85 Å². The third-order valence-corrected chi connectivity index (χ3v) is 2.18. The van der Waals surface area contributed by atoms with Crippen LogP contribution >= 0.6 is 0 Å². The molecule has 0 aromatic rings. The fourth-order valence-electron chi connectivity index (χ4n) is 1.02. The van der Waals surface area contributed by atoms with Crippen LogP contribution in [-0.2, 0) is 19.1 Å². The zero-order valence-electron chi connectivity index (χ0n) is 11.1. The fourth-order valence-corrected chi connectivity index (χ4v) is 1.02. The summed E-state index contributed by atoms with van der Waals surface area (Å²) in [6, 6.07) is 1.18. The molecule has 0 aliphatic heterocycles. The summed E-state index contributed by atoms with van der Waals surface area (Å²) in [5.41, 5.74) is 0. The predicted molar refractivity (Wildman–Crippen MR) is 58.5 cm³/mol. The van der Waals surface area contributed by atoms with Gasteiger partial charge in [-0.2, -0.15) is 31.6 Å². The van der Waals surface area contributed by atoms with Crippen LogP contribution in [-0.4, -0.2) is 49.5 Å². The molecule has 0 N–H and O–H groups in total. The third-order valence-electron chi connectivity index (χ3n) is 2.18. The average molecular weight is 346 g/mol. The number of hydrogen-bond donors (Lipinski definition) is 0. The fraction of sp³-hybridized carbons (Fsp3) is 0.636. The molecule has 0 aliphatic carbocycles. The quantitative estimate of drug-likeness (QED) is 0.380. The summed E-state index contributed by atoms with van der Waals surface area (Å²) in [5.74, 6) is -20.2. The van der Waals surface area contributed by atoms with Crippen LogP contribution in [0.4, 0.5) is 26.3 Å². The molecule has 23 heavy (non-hydrogen) atoms. The van der Waals surface area contributed by atoms with Gasteiger partial charge in [0.15, 0.2) is 13.2 Å². The van der Waals surface area contributed by atoms with Crippen molar-refractivity contribution in [2.75, 3.05) is 19.8 Å². The van der Waals surface area contributed by atoms with Gasteiger partial charge in [0.05, 0.1) is 6.07 Å². The predicted octanol–water partition coefficient (Wildman–Crippen LogP) is 1.81. The minimum atomic E-state index is -6.02. The van der Waals surface area contributed by atoms with E-state index in [0.29, 0.717) is 0 Å². The Hall–Kier alpha value is -2.50. The van der Waals surface area contributed by atoms with Crippen molar-refractivity contribution >= 4 is 11.9 Å². The van der Waals surface area contributed by atoms with E-state index in [9.17, 15) is 35.9 Å². The smallest absolute Gasteiger partial charge is 0.387 e. The zero-order valence-corrected chi connectivity index (χ0v) is 11.1. The van der Waals surface area contributed by atoms with Crippen LogP contribution in [0.15, 0.2) is 0 Å². The summed E-state index contributed by atoms with van der Waals surface area (Å²) in [6.07, 6.45) is -1.04. The zero-order chi connectivity index (χ0) is 18.3. The van der Waals surface area contributed by atoms with E-state index in [0.717, 1.165) is 0 Å². The lowest BCUT2D eigenvalue weighted by Crippen LogP contribution is -2.58. The second-order valence-corrected chi connectivity index (χ2v) is 3.96. The number of rotatable bonds is 8. The van der Waals surface area contributed by atoms with Gasteiger partial charge in [0, 0.05) is 0 Å². The molecule has 0 radical (unpaired) electrons. The lowest BCUT2D eigenvalue weighted by atomic mass is 10.1. The first-order chi connectivity index (χ1) is 10.4. The van der Waals surface area contributed by atoms with E-state index in [1.165, 1.54) is 6.07 Å². The van der Waals surface area contributed by atoms with Crippen molar-refractivity contribution in [2.24, 2.45) is 0 Å². The molecule has 6 nitrogen and oxygen atoms in total. The van der Waals surface area contributed by atoms with Crippen molar-refractivity contribution in [1.82, 2.24) is 0 Å². The minimum Gasteiger partial charge on any atom is -0.458 e. The van der Waals surface area contributed by atoms with E-state index in [2.05, 4.69) is 14.3 Å². The molecule has 0 atom stereocenters. The summed E-state index contributed by atoms with van der Waals surface area (Å²) >= 11 is 0. The lowest BCUT2D eigenvalue weighted by molar-refractivity contribution is -0.324. The number of nitriles is 1. The molecule has 0 aromatic heterocycles. The van der Waals surface area contributed by atoms with Gasteiger partial charge >= 0.3 is 36.3 Å². The Morgan fingerprint density at radius 1 is 1.00 bits per heavy atom. The standard InChI is InChI=1S/C11H8F6N2O4/c1-19-4-8(21)23-6-10(14,15)11(16,17)9(12,13)5-22-7(20)2-3-18/h2,4-6H2. The summed E-state index contributed by atoms with van der Waals surface area (Å²) in [7, 11) is 0. The second kappa shape index (κ2) is 7.67. The van der Waals surface area contributed by atoms with E-state index >= 15 is 0 Å². The Kier molecular flexibility index (Phi) is 6.84. The molecule has 0 saturated carbocycles. The molecular formula is C11H8F6N2O4. The summed E-state index contributed by atoms with van der Waals surface area (Å²) in [4.78, 5) is 23.7. The first kappa shape index (κ1) is 20.5. The Labute approximate surface area is 125 Å². The first-order valence-electron chi connectivity index (χ1n) is 5.56. The third kappa shape index (κ3) is 5.32. The number of halogens is 6. The van der Waals surface area contributed by atoms with Gasteiger partial charge in [-0.3, -0.25) is 4.79 Å². The highest BCUT2D eigenvalue weighted by Gasteiger charge is 2.72. The molecule has 0 rings (SSSR count). The monoisotopic (exact) mass is 346 g/mol. The highest BCUT2D eigenvalue weighted by Crippen LogP contribution is 2.46. The van der Waals surface area contributed by atoms with Crippen molar-refractivity contribution in [3.63, 3.8) is 0 Å². The van der Waals surface area contributed by atoms with Gasteiger partial charge in [0.2, 0.25) is 0 Å². The van der Waals surface area contributed by atoms with E-state index < -0.39 is 55.9 Å². The second-order valence-electron chi connectivity index (χ2n) is 3.96. The number of alkyl halides is 6. The van der Waals surface area contributed by atoms with Crippen molar-refractivity contribution in [1.29, 1.82) is 5.26 Å². The maximum absolute atomic E-state index is 13.2. The lowest BCUT2D eigenvalue weighted by Gasteiger charge is -2.31. The van der Waals surface area contributed by atoms with E-state index in [-0.39, 0.29) is 0 Å². The summed E-state index contributed by atoms with van der Waals surface area (Å²) in [5, 5.41) is 8.04. The number of nitrogens with zero attached hydrogens (tertiary/aromatic N) is 2. The van der Waals surface area contributed by atoms with Crippen molar-refractivity contribution in [3.05, 3.63) is 11.4 Å². The maximum Gasteiger partial charge on any atom is 0.387 e. The Morgan fingerprint density at radius 3 is 1.83 bits per heavy atom. The van der Waals surface area contributed by atoms with Crippen LogP contribution < -0.4 is 0 Å². The van der Waals surface area contributed by atoms with Gasteiger partial charge in [-0.15, -0.1) is 0 Å². The van der Waals surface area contributed by atoms with Crippen LogP contribution in [0.2, 0.25) is 0 Å². The van der Waals surface area contributed by atoms with E-state index in [4.69, 9.17) is 11.8 Å². The topological polar surface area (TPSA) is 80.8 Å². The van der Waals surface area contributed by atoms with E-state index in [1.54, 1.807) is 0 Å². The number of carbonyl (C=O) groups is 2. The molecule has 128 valence electrons. The molecule has 0 bridgehead atoms. The van der Waals surface area contributed by atoms with Crippen molar-refractivity contribution < 1.29 is 45.4 Å². The van der Waals surface area contributed by atoms with Crippen LogP contribution in [0, 0.1) is 17.9 Å². The molecule has 0 aliphatic rings. The molecule has 0 amide bonds. The molecule has 0 heterocycles. The summed E-state index contributed by atoms with van der Waals surface area (Å²) < 4.78 is 86.5. The van der Waals surface area contributed by atoms with Gasteiger partial charge in [-0.1, -0.05) is 0 Å². The molecule has 0 unspecified atom stereocenters. The number of ether oxygens (including phenoxy) is 2. The maximum atomic E-state index is 13.2. The Bertz CT molecular complexity index is 492. The largest absolute Gasteiger partial charge is 0.458 e. The molecule has 0 saturated heterocycles. The van der Waals surface area contributed by atoms with Gasteiger partial charge in [-0.05, 0) is 0 Å². The van der Waals surface area contributed by atoms with Gasteiger partial charge in [0.1, 0.15) is 6.42 Å². The normalized spacial score (nSPS) is 12.0. The van der Waals surface area contributed by atoms with E-state index in [1.807, 2.05) is 0 Å². The molecule has 12 heteroatoms. The Morgan fingerprint density at radius 2 is 1.43 bits per heavy atom. The van der Waals surface area contributed by atoms with Gasteiger partial charge in [-0.25, -0.2) is 11.4 Å². The minimum absolute atomic E-state index is 1.04. The van der Waals surface area contributed by atoms with Crippen LogP contribution in [0.5, 0.6) is 0 Å². The van der Waals surface area contributed by atoms with Crippen molar-refractivity contribution in [3.8, 4) is 6.07 Å². The average Bonchev–Trinajstić information content (AvgIpc) is 2.43. The summed E-state index contributed by atoms with van der Waals surface area (Å²) in [6.45, 7) is 0.375. The van der Waals surface area contributed by atoms with Crippen molar-refractivity contribution in [2.45, 2.75) is 24.2 Å². The van der Waals surface area contributed by atoms with Crippen LogP contribution in [0.3, 0.4) is 0 Å². The SMILES string of the molecule is [C-]#[N+]CC(=O)OCC(F)(F)C(F)(F)C(F)(F)COC(=O)CC#N. The van der Waals surface area contributed by atoms with Gasteiger partial charge < -0.3 is 14.3 Å². The van der Waals surface area contributed by atoms with Gasteiger partial charge in [0.25, 0.3) is 0 Å². The van der Waals surface area contributed by atoms with Crippen LogP contribution in [0.1, 0.15) is 6.42 Å². The molecular weight excluding hydrogens is 338 g/mol. The molecule has 0 aromatic carbocycles. The number of hydrogen-bond acceptors (Lipinski definition) is 5. The first-order valence-corrected chi connectivity index (χ1v) is 5.56. The highest BCUT2D eigenvalue weighted by atomic mass is 19.3. The Balaban J connectivity index is 4.96. The highest BCUT2D eigenvalue weighted by molar-refractivity contribution is 5.73. The number of carbonyl (C=O) groups excluding carboxylic acids is 2.